The third-order valence-corrected chi connectivity index (χ3v) is 3.44. The maximum atomic E-state index is 5.96. The predicted octanol–water partition coefficient (Wildman–Crippen LogP) is 4.14. The summed E-state index contributed by atoms with van der Waals surface area (Å²) in [6.07, 6.45) is 0. The lowest BCUT2D eigenvalue weighted by Crippen LogP contribution is -2.09. The Balaban J connectivity index is 2.05. The topological polar surface area (TPSA) is 82.7 Å². The van der Waals surface area contributed by atoms with Crippen molar-refractivity contribution >= 4 is 22.9 Å². The van der Waals surface area contributed by atoms with E-state index < -0.39 is 0 Å². The van der Waals surface area contributed by atoms with E-state index >= 15 is 0 Å². The second-order valence-corrected chi connectivity index (χ2v) is 5.28. The van der Waals surface area contributed by atoms with Crippen LogP contribution < -0.4 is 10.6 Å². The molecule has 6 nitrogen and oxygen atoms in total. The molecule has 0 saturated carbocycles. The van der Waals surface area contributed by atoms with E-state index in [9.17, 15) is 0 Å². The summed E-state index contributed by atoms with van der Waals surface area (Å²) in [7, 11) is 3.98. The molecule has 0 bridgehead atoms. The van der Waals surface area contributed by atoms with Gasteiger partial charge in [0, 0.05) is 25.3 Å². The Labute approximate surface area is 134 Å². The number of rotatable bonds is 4. The van der Waals surface area contributed by atoms with Gasteiger partial charge in [-0.3, -0.25) is 5.10 Å². The van der Waals surface area contributed by atoms with Gasteiger partial charge in [0.05, 0.1) is 11.4 Å². The van der Waals surface area contributed by atoms with Gasteiger partial charge in [0.15, 0.2) is 11.5 Å². The average molecular weight is 306 g/mol. The zero-order chi connectivity index (χ0) is 16.2. The average Bonchev–Trinajstić information content (AvgIpc) is 2.94. The number of hydrogen-bond acceptors (Lipinski definition) is 5. The number of aromatic nitrogens is 2. The van der Waals surface area contributed by atoms with Crippen molar-refractivity contribution in [2.24, 2.45) is 10.2 Å². The molecule has 6 heteroatoms. The van der Waals surface area contributed by atoms with Crippen LogP contribution in [0.3, 0.4) is 0 Å². The molecule has 2 aromatic carbocycles. The number of aromatic amines is 1. The Morgan fingerprint density at radius 3 is 2.39 bits per heavy atom. The summed E-state index contributed by atoms with van der Waals surface area (Å²) in [6, 6.07) is 17.5. The molecule has 3 rings (SSSR count). The van der Waals surface area contributed by atoms with Crippen LogP contribution in [-0.4, -0.2) is 24.3 Å². The largest absolute Gasteiger partial charge is 0.380 e. The van der Waals surface area contributed by atoms with Gasteiger partial charge in [0.25, 0.3) is 0 Å². The third kappa shape index (κ3) is 3.06. The molecule has 23 heavy (non-hydrogen) atoms. The number of anilines is 2. The van der Waals surface area contributed by atoms with Gasteiger partial charge in [-0.1, -0.05) is 36.4 Å². The molecule has 0 atom stereocenters. The first-order chi connectivity index (χ1) is 11.2. The lowest BCUT2D eigenvalue weighted by atomic mass is 10.1. The van der Waals surface area contributed by atoms with E-state index in [0.29, 0.717) is 11.5 Å². The number of nitrogens with two attached hydrogens (primary N) is 1. The molecular formula is C17H18N6. The zero-order valence-corrected chi connectivity index (χ0v) is 13.1. The summed E-state index contributed by atoms with van der Waals surface area (Å²) >= 11 is 0. The molecular weight excluding hydrogens is 288 g/mol. The smallest absolute Gasteiger partial charge is 0.173 e. The standard InChI is InChI=1S/C17H18N6/c1-23(2)14-11-7-6-10-13(14)15-16(17(18)22-20-15)21-19-12-8-4-3-5-9-12/h3-11H,1-2H3,(H3,18,20,22). The number of benzene rings is 2. The Morgan fingerprint density at radius 1 is 0.957 bits per heavy atom. The minimum absolute atomic E-state index is 0.327. The highest BCUT2D eigenvalue weighted by Crippen LogP contribution is 2.38. The van der Waals surface area contributed by atoms with Gasteiger partial charge < -0.3 is 10.6 Å². The lowest BCUT2D eigenvalue weighted by molar-refractivity contribution is 1.09. The molecule has 0 unspecified atom stereocenters. The van der Waals surface area contributed by atoms with Gasteiger partial charge >= 0.3 is 0 Å². The van der Waals surface area contributed by atoms with Crippen molar-refractivity contribution in [1.82, 2.24) is 10.2 Å². The highest BCUT2D eigenvalue weighted by molar-refractivity contribution is 5.86. The minimum atomic E-state index is 0.327. The van der Waals surface area contributed by atoms with Gasteiger partial charge in [-0.15, -0.1) is 5.11 Å². The van der Waals surface area contributed by atoms with Gasteiger partial charge in [-0.25, -0.2) is 0 Å². The highest BCUT2D eigenvalue weighted by atomic mass is 15.2. The molecule has 0 radical (unpaired) electrons. The Bertz CT molecular complexity index is 820. The molecule has 3 aromatic rings. The van der Waals surface area contributed by atoms with Crippen molar-refractivity contribution in [2.75, 3.05) is 24.7 Å². The molecule has 0 amide bonds. The van der Waals surface area contributed by atoms with Crippen LogP contribution in [0.5, 0.6) is 0 Å². The Kier molecular flexibility index (Phi) is 4.05. The number of nitrogen functional groups attached to an aromatic ring is 1. The van der Waals surface area contributed by atoms with Gasteiger partial charge in [0.2, 0.25) is 0 Å². The number of azo groups is 1. The van der Waals surface area contributed by atoms with Crippen molar-refractivity contribution in [1.29, 1.82) is 0 Å². The van der Waals surface area contributed by atoms with Crippen LogP contribution in [0.2, 0.25) is 0 Å². The highest BCUT2D eigenvalue weighted by Gasteiger charge is 2.16. The fourth-order valence-electron chi connectivity index (χ4n) is 2.32. The van der Waals surface area contributed by atoms with Gasteiger partial charge in [-0.2, -0.15) is 10.2 Å². The summed E-state index contributed by atoms with van der Waals surface area (Å²) in [5, 5.41) is 15.6. The van der Waals surface area contributed by atoms with Gasteiger partial charge in [-0.05, 0) is 18.2 Å². The van der Waals surface area contributed by atoms with Crippen molar-refractivity contribution in [3.63, 3.8) is 0 Å². The quantitative estimate of drug-likeness (QED) is 0.711. The van der Waals surface area contributed by atoms with Crippen molar-refractivity contribution in [3.8, 4) is 11.3 Å². The first kappa shape index (κ1) is 14.8. The van der Waals surface area contributed by atoms with Crippen molar-refractivity contribution in [3.05, 3.63) is 54.6 Å². The predicted molar refractivity (Wildman–Crippen MR) is 93.4 cm³/mol. The fourth-order valence-corrected chi connectivity index (χ4v) is 2.32. The van der Waals surface area contributed by atoms with Crippen molar-refractivity contribution < 1.29 is 0 Å². The number of H-pyrrole nitrogens is 1. The molecule has 1 aromatic heterocycles. The van der Waals surface area contributed by atoms with Crippen molar-refractivity contribution in [2.45, 2.75) is 0 Å². The van der Waals surface area contributed by atoms with Gasteiger partial charge in [0.1, 0.15) is 0 Å². The van der Waals surface area contributed by atoms with E-state index in [1.54, 1.807) is 0 Å². The summed E-state index contributed by atoms with van der Waals surface area (Å²) in [4.78, 5) is 2.03. The minimum Gasteiger partial charge on any atom is -0.380 e. The molecule has 3 N–H and O–H groups in total. The third-order valence-electron chi connectivity index (χ3n) is 3.44. The molecule has 116 valence electrons. The lowest BCUT2D eigenvalue weighted by Gasteiger charge is -2.16. The van der Waals surface area contributed by atoms with E-state index in [0.717, 1.165) is 22.6 Å². The first-order valence-corrected chi connectivity index (χ1v) is 7.24. The van der Waals surface area contributed by atoms with Crippen LogP contribution in [0.15, 0.2) is 64.8 Å². The molecule has 1 heterocycles. The molecule has 0 fully saturated rings. The molecule has 0 aliphatic heterocycles. The Morgan fingerprint density at radius 2 is 1.65 bits per heavy atom. The first-order valence-electron chi connectivity index (χ1n) is 7.24. The molecule has 0 spiro atoms. The van der Waals surface area contributed by atoms with Crippen LogP contribution in [-0.2, 0) is 0 Å². The maximum absolute atomic E-state index is 5.96. The monoisotopic (exact) mass is 306 g/mol. The zero-order valence-electron chi connectivity index (χ0n) is 13.1. The SMILES string of the molecule is CN(C)c1ccccc1-c1[nH]nc(N)c1N=Nc1ccccc1. The van der Waals surface area contributed by atoms with E-state index in [4.69, 9.17) is 5.73 Å². The normalized spacial score (nSPS) is 11.0. The second kappa shape index (κ2) is 6.31. The second-order valence-electron chi connectivity index (χ2n) is 5.28. The van der Waals surface area contributed by atoms with E-state index in [-0.39, 0.29) is 0 Å². The maximum Gasteiger partial charge on any atom is 0.173 e. The van der Waals surface area contributed by atoms with Crippen LogP contribution in [0.1, 0.15) is 0 Å². The van der Waals surface area contributed by atoms with E-state index in [2.05, 4.69) is 20.4 Å². The van der Waals surface area contributed by atoms with Crippen LogP contribution >= 0.6 is 0 Å². The number of nitrogens with zero attached hydrogens (tertiary/aromatic N) is 4. The summed E-state index contributed by atoms with van der Waals surface area (Å²) < 4.78 is 0. The van der Waals surface area contributed by atoms with Crippen LogP contribution in [0.4, 0.5) is 22.9 Å². The summed E-state index contributed by atoms with van der Waals surface area (Å²) in [5.41, 5.74) is 10.0. The molecule has 0 aliphatic carbocycles. The number of nitrogens with one attached hydrogen (secondary N) is 1. The fraction of sp³-hybridized carbons (Fsp3) is 0.118. The summed E-state index contributed by atoms with van der Waals surface area (Å²) in [6.45, 7) is 0. The number of hydrogen-bond donors (Lipinski definition) is 2. The van der Waals surface area contributed by atoms with E-state index in [1.165, 1.54) is 0 Å². The van der Waals surface area contributed by atoms with E-state index in [1.807, 2.05) is 73.6 Å². The summed E-state index contributed by atoms with van der Waals surface area (Å²) in [5.74, 6) is 0.327. The Hall–Kier alpha value is -3.15. The van der Waals surface area contributed by atoms with Crippen LogP contribution in [0.25, 0.3) is 11.3 Å². The number of para-hydroxylation sites is 1. The van der Waals surface area contributed by atoms with Crippen LogP contribution in [0, 0.1) is 0 Å². The molecule has 0 aliphatic rings. The molecule has 0 saturated heterocycles.